The fraction of sp³-hybridized carbons (Fsp3) is 0. The molecule has 3 heteroatoms. The highest BCUT2D eigenvalue weighted by atomic mass is 32.1. The summed E-state index contributed by atoms with van der Waals surface area (Å²) in [6.45, 7) is 0. The van der Waals surface area contributed by atoms with Crippen molar-refractivity contribution in [3.63, 3.8) is 0 Å². The predicted octanol–water partition coefficient (Wildman–Crippen LogP) is 3.67. The standard InChI is InChI=1S/C13H9NOS/c15-11-8-9-4-1-2-5-10(9)14-13(11)12-6-3-7-16-12/h1-8,15H. The molecule has 0 aliphatic carbocycles. The third-order valence-electron chi connectivity index (χ3n) is 2.46. The molecule has 2 heterocycles. The van der Waals surface area contributed by atoms with Gasteiger partial charge in [0.05, 0.1) is 10.4 Å². The second-order valence-corrected chi connectivity index (χ2v) is 4.47. The van der Waals surface area contributed by atoms with Gasteiger partial charge in [0.15, 0.2) is 0 Å². The smallest absolute Gasteiger partial charge is 0.143 e. The molecule has 0 aliphatic rings. The SMILES string of the molecule is Oc1cc2ccccc2nc1-c1cccs1. The third kappa shape index (κ3) is 1.46. The van der Waals surface area contributed by atoms with E-state index in [1.54, 1.807) is 17.4 Å². The van der Waals surface area contributed by atoms with Gasteiger partial charge in [0.25, 0.3) is 0 Å². The Morgan fingerprint density at radius 3 is 2.75 bits per heavy atom. The lowest BCUT2D eigenvalue weighted by atomic mass is 10.2. The van der Waals surface area contributed by atoms with Crippen LogP contribution in [0, 0.1) is 0 Å². The van der Waals surface area contributed by atoms with Gasteiger partial charge in [-0.2, -0.15) is 0 Å². The van der Waals surface area contributed by atoms with Crippen molar-refractivity contribution in [3.05, 3.63) is 47.8 Å². The highest BCUT2D eigenvalue weighted by molar-refractivity contribution is 7.13. The van der Waals surface area contributed by atoms with Crippen LogP contribution in [-0.4, -0.2) is 10.1 Å². The van der Waals surface area contributed by atoms with Gasteiger partial charge in [-0.05, 0) is 23.6 Å². The van der Waals surface area contributed by atoms with Crippen LogP contribution in [0.4, 0.5) is 0 Å². The summed E-state index contributed by atoms with van der Waals surface area (Å²) in [6.07, 6.45) is 0. The summed E-state index contributed by atoms with van der Waals surface area (Å²) in [7, 11) is 0. The number of pyridine rings is 1. The summed E-state index contributed by atoms with van der Waals surface area (Å²) in [6, 6.07) is 13.5. The van der Waals surface area contributed by atoms with Crippen molar-refractivity contribution in [1.82, 2.24) is 4.98 Å². The molecule has 78 valence electrons. The Kier molecular flexibility index (Phi) is 2.11. The quantitative estimate of drug-likeness (QED) is 0.688. The Morgan fingerprint density at radius 1 is 1.06 bits per heavy atom. The van der Waals surface area contributed by atoms with E-state index in [4.69, 9.17) is 0 Å². The summed E-state index contributed by atoms with van der Waals surface area (Å²) in [5, 5.41) is 12.9. The lowest BCUT2D eigenvalue weighted by Crippen LogP contribution is -1.84. The van der Waals surface area contributed by atoms with Crippen LogP contribution in [-0.2, 0) is 0 Å². The lowest BCUT2D eigenvalue weighted by molar-refractivity contribution is 0.476. The van der Waals surface area contributed by atoms with Crippen LogP contribution >= 0.6 is 11.3 Å². The molecule has 0 fully saturated rings. The molecular weight excluding hydrogens is 218 g/mol. The second kappa shape index (κ2) is 3.61. The number of aromatic hydroxyl groups is 1. The van der Waals surface area contributed by atoms with E-state index < -0.39 is 0 Å². The van der Waals surface area contributed by atoms with Crippen molar-refractivity contribution in [2.24, 2.45) is 0 Å². The molecule has 0 radical (unpaired) electrons. The normalized spacial score (nSPS) is 10.8. The molecule has 2 nitrogen and oxygen atoms in total. The van der Waals surface area contributed by atoms with E-state index in [9.17, 15) is 5.11 Å². The average molecular weight is 227 g/mol. The Bertz CT molecular complexity index is 631. The van der Waals surface area contributed by atoms with Crippen LogP contribution < -0.4 is 0 Å². The molecule has 0 unspecified atom stereocenters. The highest BCUT2D eigenvalue weighted by Gasteiger charge is 2.08. The summed E-state index contributed by atoms with van der Waals surface area (Å²) >= 11 is 1.58. The Balaban J connectivity index is 2.30. The van der Waals surface area contributed by atoms with E-state index in [-0.39, 0.29) is 5.75 Å². The van der Waals surface area contributed by atoms with E-state index >= 15 is 0 Å². The molecule has 1 aromatic carbocycles. The van der Waals surface area contributed by atoms with Crippen molar-refractivity contribution < 1.29 is 5.11 Å². The number of fused-ring (bicyclic) bond motifs is 1. The van der Waals surface area contributed by atoms with E-state index in [0.29, 0.717) is 5.69 Å². The minimum absolute atomic E-state index is 0.237. The average Bonchev–Trinajstić information content (AvgIpc) is 2.81. The largest absolute Gasteiger partial charge is 0.506 e. The number of nitrogens with zero attached hydrogens (tertiary/aromatic N) is 1. The first-order valence-corrected chi connectivity index (χ1v) is 5.85. The maximum atomic E-state index is 9.92. The van der Waals surface area contributed by atoms with Crippen LogP contribution in [0.15, 0.2) is 47.8 Å². The van der Waals surface area contributed by atoms with Gasteiger partial charge in [0.1, 0.15) is 11.4 Å². The van der Waals surface area contributed by atoms with Crippen LogP contribution in [0.1, 0.15) is 0 Å². The Labute approximate surface area is 96.8 Å². The zero-order valence-corrected chi connectivity index (χ0v) is 9.24. The first kappa shape index (κ1) is 9.36. The van der Waals surface area contributed by atoms with E-state index in [1.807, 2.05) is 41.8 Å². The van der Waals surface area contributed by atoms with Gasteiger partial charge in [0.2, 0.25) is 0 Å². The number of rotatable bonds is 1. The maximum absolute atomic E-state index is 9.92. The molecule has 16 heavy (non-hydrogen) atoms. The van der Waals surface area contributed by atoms with Gasteiger partial charge < -0.3 is 5.11 Å². The van der Waals surface area contributed by atoms with Crippen LogP contribution in [0.25, 0.3) is 21.5 Å². The molecule has 1 N–H and O–H groups in total. The fourth-order valence-electron chi connectivity index (χ4n) is 1.70. The van der Waals surface area contributed by atoms with Crippen molar-refractivity contribution >= 4 is 22.2 Å². The minimum atomic E-state index is 0.237. The molecule has 3 aromatic rings. The molecule has 0 saturated carbocycles. The van der Waals surface area contributed by atoms with E-state index in [0.717, 1.165) is 15.8 Å². The van der Waals surface area contributed by atoms with Crippen molar-refractivity contribution in [2.45, 2.75) is 0 Å². The van der Waals surface area contributed by atoms with Crippen molar-refractivity contribution in [3.8, 4) is 16.3 Å². The number of para-hydroxylation sites is 1. The summed E-state index contributed by atoms with van der Waals surface area (Å²) in [4.78, 5) is 5.47. The molecule has 0 spiro atoms. The van der Waals surface area contributed by atoms with Gasteiger partial charge in [-0.3, -0.25) is 0 Å². The van der Waals surface area contributed by atoms with Gasteiger partial charge in [0, 0.05) is 5.39 Å². The molecule has 0 atom stereocenters. The first-order valence-electron chi connectivity index (χ1n) is 4.97. The van der Waals surface area contributed by atoms with Crippen LogP contribution in [0.3, 0.4) is 0 Å². The van der Waals surface area contributed by atoms with Gasteiger partial charge in [-0.15, -0.1) is 11.3 Å². The number of benzene rings is 1. The Morgan fingerprint density at radius 2 is 1.94 bits per heavy atom. The topological polar surface area (TPSA) is 33.1 Å². The van der Waals surface area contributed by atoms with Crippen molar-refractivity contribution in [2.75, 3.05) is 0 Å². The van der Waals surface area contributed by atoms with Crippen molar-refractivity contribution in [1.29, 1.82) is 0 Å². The first-order chi connectivity index (χ1) is 7.84. The molecule has 3 rings (SSSR count). The monoisotopic (exact) mass is 227 g/mol. The van der Waals surface area contributed by atoms with E-state index in [1.165, 1.54) is 0 Å². The second-order valence-electron chi connectivity index (χ2n) is 3.53. The van der Waals surface area contributed by atoms with Crippen LogP contribution in [0.2, 0.25) is 0 Å². The molecule has 0 aliphatic heterocycles. The molecule has 0 bridgehead atoms. The molecular formula is C13H9NOS. The summed E-state index contributed by atoms with van der Waals surface area (Å²) in [5.41, 5.74) is 1.57. The third-order valence-corrected chi connectivity index (χ3v) is 3.34. The Hall–Kier alpha value is -1.87. The number of thiophene rings is 1. The molecule has 0 amide bonds. The van der Waals surface area contributed by atoms with Gasteiger partial charge in [-0.1, -0.05) is 24.3 Å². The molecule has 2 aromatic heterocycles. The fourth-order valence-corrected chi connectivity index (χ4v) is 2.42. The predicted molar refractivity (Wildman–Crippen MR) is 66.7 cm³/mol. The molecule has 0 saturated heterocycles. The minimum Gasteiger partial charge on any atom is -0.506 e. The maximum Gasteiger partial charge on any atom is 0.143 e. The zero-order valence-electron chi connectivity index (χ0n) is 8.42. The zero-order chi connectivity index (χ0) is 11.0. The number of hydrogen-bond acceptors (Lipinski definition) is 3. The number of aromatic nitrogens is 1. The summed E-state index contributed by atoms with van der Waals surface area (Å²) < 4.78 is 0. The van der Waals surface area contributed by atoms with Crippen LogP contribution in [0.5, 0.6) is 5.75 Å². The lowest BCUT2D eigenvalue weighted by Gasteiger charge is -2.03. The highest BCUT2D eigenvalue weighted by Crippen LogP contribution is 2.32. The van der Waals surface area contributed by atoms with Gasteiger partial charge in [-0.25, -0.2) is 4.98 Å². The van der Waals surface area contributed by atoms with Gasteiger partial charge >= 0.3 is 0 Å². The summed E-state index contributed by atoms with van der Waals surface area (Å²) in [5.74, 6) is 0.237. The van der Waals surface area contributed by atoms with E-state index in [2.05, 4.69) is 4.98 Å². The number of hydrogen-bond donors (Lipinski definition) is 1.